The minimum atomic E-state index is -0.731. The number of hydrogen-bond donors (Lipinski definition) is 1. The zero-order valence-corrected chi connectivity index (χ0v) is 20.6. The fourth-order valence-corrected chi connectivity index (χ4v) is 4.66. The maximum atomic E-state index is 13.2. The quantitative estimate of drug-likeness (QED) is 0.337. The summed E-state index contributed by atoms with van der Waals surface area (Å²) in [6.07, 6.45) is 0.688. The number of methoxy groups -OCH3 is 2. The van der Waals surface area contributed by atoms with Crippen LogP contribution in [0, 0.1) is 0 Å². The Bertz CT molecular complexity index is 1110. The first kappa shape index (κ1) is 25.0. The average Bonchev–Trinajstić information content (AvgIpc) is 3.14. The van der Waals surface area contributed by atoms with Crippen LogP contribution in [-0.2, 0) is 14.3 Å². The van der Waals surface area contributed by atoms with E-state index in [1.807, 2.05) is 0 Å². The monoisotopic (exact) mass is 500 g/mol. The van der Waals surface area contributed by atoms with Crippen LogP contribution in [0.4, 0.5) is 0 Å². The first-order chi connectivity index (χ1) is 16.9. The molecule has 2 aromatic carbocycles. The number of amides is 1. The van der Waals surface area contributed by atoms with Crippen molar-refractivity contribution in [2.45, 2.75) is 12.5 Å². The standard InChI is InChI=1S/C26H29ClN2O6/c1-33-20-9-6-18(16-21(20)34-2)24(30)22-23(17-4-7-19(27)8-5-17)29(26(32)25(22)31)11-3-10-28-12-14-35-15-13-28/h4-9,16,23,30H,3,10-15H2,1-2H3/t23-/m0/s1. The van der Waals surface area contributed by atoms with Crippen molar-refractivity contribution in [2.75, 3.05) is 53.6 Å². The minimum Gasteiger partial charge on any atom is -0.507 e. The molecule has 0 aliphatic carbocycles. The normalized spacial score (nSPS) is 20.3. The van der Waals surface area contributed by atoms with Crippen molar-refractivity contribution >= 4 is 29.1 Å². The van der Waals surface area contributed by atoms with Gasteiger partial charge in [-0.2, -0.15) is 0 Å². The van der Waals surface area contributed by atoms with Crippen LogP contribution in [0.1, 0.15) is 23.6 Å². The predicted octanol–water partition coefficient (Wildman–Crippen LogP) is 3.50. The molecular formula is C26H29ClN2O6. The Hall–Kier alpha value is -3.07. The molecule has 0 bridgehead atoms. The van der Waals surface area contributed by atoms with Crippen LogP contribution in [0.15, 0.2) is 48.0 Å². The largest absolute Gasteiger partial charge is 0.507 e. The lowest BCUT2D eigenvalue weighted by Crippen LogP contribution is -2.38. The molecule has 2 aromatic rings. The molecule has 35 heavy (non-hydrogen) atoms. The van der Waals surface area contributed by atoms with Gasteiger partial charge in [-0.15, -0.1) is 0 Å². The molecule has 8 nitrogen and oxygen atoms in total. The number of ketones is 1. The van der Waals surface area contributed by atoms with E-state index in [4.69, 9.17) is 25.8 Å². The van der Waals surface area contributed by atoms with Gasteiger partial charge in [0.25, 0.3) is 11.7 Å². The van der Waals surface area contributed by atoms with Crippen LogP contribution < -0.4 is 9.47 Å². The van der Waals surface area contributed by atoms with Crippen LogP contribution in [0.5, 0.6) is 11.5 Å². The summed E-state index contributed by atoms with van der Waals surface area (Å²) in [6, 6.07) is 11.1. The maximum Gasteiger partial charge on any atom is 0.295 e. The van der Waals surface area contributed by atoms with Gasteiger partial charge >= 0.3 is 0 Å². The van der Waals surface area contributed by atoms with Crippen molar-refractivity contribution in [3.63, 3.8) is 0 Å². The number of nitrogens with zero attached hydrogens (tertiary/aromatic N) is 2. The zero-order valence-electron chi connectivity index (χ0n) is 19.8. The summed E-state index contributed by atoms with van der Waals surface area (Å²) in [5.41, 5.74) is 1.09. The first-order valence-corrected chi connectivity index (χ1v) is 11.9. The van der Waals surface area contributed by atoms with E-state index in [9.17, 15) is 14.7 Å². The van der Waals surface area contributed by atoms with Gasteiger partial charge in [0.15, 0.2) is 11.5 Å². The Balaban J connectivity index is 1.69. The third-order valence-corrected chi connectivity index (χ3v) is 6.61. The Morgan fingerprint density at radius 2 is 1.71 bits per heavy atom. The van der Waals surface area contributed by atoms with E-state index in [2.05, 4.69) is 4.90 Å². The highest BCUT2D eigenvalue weighted by Crippen LogP contribution is 2.41. The van der Waals surface area contributed by atoms with Crippen molar-refractivity contribution in [3.8, 4) is 11.5 Å². The molecule has 0 radical (unpaired) electrons. The summed E-state index contributed by atoms with van der Waals surface area (Å²) >= 11 is 6.09. The lowest BCUT2D eigenvalue weighted by atomic mass is 9.95. The van der Waals surface area contributed by atoms with E-state index in [0.29, 0.717) is 53.8 Å². The molecular weight excluding hydrogens is 472 g/mol. The molecule has 0 spiro atoms. The highest BCUT2D eigenvalue weighted by molar-refractivity contribution is 6.46. The number of carbonyl (C=O) groups excluding carboxylic acids is 2. The molecule has 0 aromatic heterocycles. The van der Waals surface area contributed by atoms with Crippen molar-refractivity contribution in [3.05, 3.63) is 64.2 Å². The molecule has 0 unspecified atom stereocenters. The molecule has 2 heterocycles. The molecule has 0 saturated carbocycles. The number of carbonyl (C=O) groups is 2. The van der Waals surface area contributed by atoms with Gasteiger partial charge in [0.1, 0.15) is 5.76 Å². The lowest BCUT2D eigenvalue weighted by molar-refractivity contribution is -0.140. The van der Waals surface area contributed by atoms with E-state index < -0.39 is 17.7 Å². The van der Waals surface area contributed by atoms with Gasteiger partial charge in [0, 0.05) is 36.8 Å². The molecule has 186 valence electrons. The Morgan fingerprint density at radius 3 is 2.37 bits per heavy atom. The number of aliphatic hydroxyl groups is 1. The van der Waals surface area contributed by atoms with Gasteiger partial charge in [-0.3, -0.25) is 14.5 Å². The molecule has 9 heteroatoms. The van der Waals surface area contributed by atoms with Gasteiger partial charge in [-0.1, -0.05) is 23.7 Å². The summed E-state index contributed by atoms with van der Waals surface area (Å²) < 4.78 is 16.0. The van der Waals surface area contributed by atoms with Gasteiger partial charge in [0.2, 0.25) is 0 Å². The minimum absolute atomic E-state index is 0.0379. The number of Topliss-reactive ketones (excluding diaryl/α,β-unsaturated/α-hetero) is 1. The van der Waals surface area contributed by atoms with Gasteiger partial charge < -0.3 is 24.2 Å². The summed E-state index contributed by atoms with van der Waals surface area (Å²) in [5.74, 6) is -0.723. The van der Waals surface area contributed by atoms with E-state index in [1.165, 1.54) is 14.2 Å². The number of hydrogen-bond acceptors (Lipinski definition) is 7. The van der Waals surface area contributed by atoms with Crippen LogP contribution in [0.25, 0.3) is 5.76 Å². The fourth-order valence-electron chi connectivity index (χ4n) is 4.53. The molecule has 2 fully saturated rings. The van der Waals surface area contributed by atoms with Crippen LogP contribution in [0.3, 0.4) is 0 Å². The van der Waals surface area contributed by atoms with Gasteiger partial charge in [-0.25, -0.2) is 0 Å². The summed E-state index contributed by atoms with van der Waals surface area (Å²) in [5, 5.41) is 11.8. The third-order valence-electron chi connectivity index (χ3n) is 6.36. The first-order valence-electron chi connectivity index (χ1n) is 11.5. The molecule has 2 aliphatic heterocycles. The van der Waals surface area contributed by atoms with Crippen molar-refractivity contribution < 1.29 is 28.9 Å². The van der Waals surface area contributed by atoms with Crippen molar-refractivity contribution in [1.82, 2.24) is 9.80 Å². The number of likely N-dealkylation sites (tertiary alicyclic amines) is 1. The second-order valence-electron chi connectivity index (χ2n) is 8.42. The highest BCUT2D eigenvalue weighted by atomic mass is 35.5. The van der Waals surface area contributed by atoms with E-state index in [1.54, 1.807) is 47.4 Å². The Morgan fingerprint density at radius 1 is 1.03 bits per heavy atom. The number of halogens is 1. The second-order valence-corrected chi connectivity index (χ2v) is 8.86. The zero-order chi connectivity index (χ0) is 24.9. The Labute approximate surface area is 209 Å². The maximum absolute atomic E-state index is 13.2. The van der Waals surface area contributed by atoms with Crippen LogP contribution in [0.2, 0.25) is 5.02 Å². The topological polar surface area (TPSA) is 88.5 Å². The second kappa shape index (κ2) is 11.1. The van der Waals surface area contributed by atoms with Gasteiger partial charge in [0.05, 0.1) is 39.0 Å². The molecule has 1 amide bonds. The number of rotatable bonds is 8. The number of benzene rings is 2. The van der Waals surface area contributed by atoms with E-state index >= 15 is 0 Å². The fraction of sp³-hybridized carbons (Fsp3) is 0.385. The summed E-state index contributed by atoms with van der Waals surface area (Å²) in [7, 11) is 3.00. The number of aliphatic hydroxyl groups excluding tert-OH is 1. The highest BCUT2D eigenvalue weighted by Gasteiger charge is 2.45. The summed E-state index contributed by atoms with van der Waals surface area (Å²) in [4.78, 5) is 30.2. The van der Waals surface area contributed by atoms with Crippen LogP contribution >= 0.6 is 11.6 Å². The predicted molar refractivity (Wildman–Crippen MR) is 132 cm³/mol. The van der Waals surface area contributed by atoms with Crippen LogP contribution in [-0.4, -0.2) is 80.2 Å². The molecule has 2 aliphatic rings. The molecule has 1 atom stereocenters. The van der Waals surface area contributed by atoms with Crippen molar-refractivity contribution in [2.24, 2.45) is 0 Å². The number of ether oxygens (including phenoxy) is 3. The van der Waals surface area contributed by atoms with E-state index in [-0.39, 0.29) is 11.3 Å². The van der Waals surface area contributed by atoms with E-state index in [0.717, 1.165) is 19.6 Å². The average molecular weight is 501 g/mol. The Kier molecular flexibility index (Phi) is 7.95. The smallest absolute Gasteiger partial charge is 0.295 e. The summed E-state index contributed by atoms with van der Waals surface area (Å²) in [6.45, 7) is 4.24. The SMILES string of the molecule is COc1ccc(C(O)=C2C(=O)C(=O)N(CCCN3CCOCC3)[C@H]2c2ccc(Cl)cc2)cc1OC. The lowest BCUT2D eigenvalue weighted by Gasteiger charge is -2.29. The molecule has 1 N–H and O–H groups in total. The third kappa shape index (κ3) is 5.29. The molecule has 2 saturated heterocycles. The molecule has 4 rings (SSSR count). The van der Waals surface area contributed by atoms with Crippen molar-refractivity contribution in [1.29, 1.82) is 0 Å². The number of morpholine rings is 1. The van der Waals surface area contributed by atoms with Gasteiger partial charge in [-0.05, 0) is 42.3 Å².